The fourth-order valence-electron chi connectivity index (χ4n) is 2.95. The van der Waals surface area contributed by atoms with E-state index in [4.69, 9.17) is 33.0 Å². The largest absolute Gasteiger partial charge is 0.482 e. The van der Waals surface area contributed by atoms with E-state index < -0.39 is 12.6 Å². The number of hydrogen-bond donors (Lipinski definition) is 1. The van der Waals surface area contributed by atoms with Crippen molar-refractivity contribution in [2.24, 2.45) is 4.99 Å². The third-order valence-electron chi connectivity index (χ3n) is 4.48. The first-order chi connectivity index (χ1) is 15.9. The molecule has 0 aliphatic carbocycles. The van der Waals surface area contributed by atoms with Gasteiger partial charge in [0, 0.05) is 10.0 Å². The number of aliphatic imine (C=N–C) groups is 1. The van der Waals surface area contributed by atoms with Crippen LogP contribution in [0, 0.1) is 0 Å². The summed E-state index contributed by atoms with van der Waals surface area (Å²) in [6.45, 7) is -0.421. The van der Waals surface area contributed by atoms with Gasteiger partial charge in [-0.1, -0.05) is 35.3 Å². The fourth-order valence-corrected chi connectivity index (χ4v) is 4.20. The number of halogens is 2. The maximum absolute atomic E-state index is 13.3. The lowest BCUT2D eigenvalue weighted by Crippen LogP contribution is -2.28. The predicted octanol–water partition coefficient (Wildman–Crippen LogP) is 6.27. The molecule has 0 saturated carbocycles. The van der Waals surface area contributed by atoms with Crippen LogP contribution in [0.2, 0.25) is 10.0 Å². The maximum Gasteiger partial charge on any atom is 0.341 e. The normalized spacial score (nSPS) is 15.9. The van der Waals surface area contributed by atoms with Gasteiger partial charge in [-0.05, 0) is 84.1 Å². The number of anilines is 1. The summed E-state index contributed by atoms with van der Waals surface area (Å²) in [5, 5.41) is 10.4. The van der Waals surface area contributed by atoms with Crippen molar-refractivity contribution in [3.8, 4) is 5.75 Å². The zero-order valence-electron chi connectivity index (χ0n) is 16.9. The fraction of sp³-hybridized carbons (Fsp3) is 0.0417. The molecular formula is C24H16Cl2N2O4S. The van der Waals surface area contributed by atoms with Crippen LogP contribution >= 0.6 is 35.0 Å². The van der Waals surface area contributed by atoms with Crippen molar-refractivity contribution in [1.82, 2.24) is 0 Å². The molecule has 3 aromatic rings. The van der Waals surface area contributed by atoms with E-state index in [9.17, 15) is 9.59 Å². The Hall–Kier alpha value is -3.26. The van der Waals surface area contributed by atoms with Gasteiger partial charge in [-0.3, -0.25) is 9.69 Å². The van der Waals surface area contributed by atoms with Crippen LogP contribution < -0.4 is 9.64 Å². The quantitative estimate of drug-likeness (QED) is 0.405. The highest BCUT2D eigenvalue weighted by atomic mass is 35.5. The second-order valence-electron chi connectivity index (χ2n) is 6.85. The van der Waals surface area contributed by atoms with Gasteiger partial charge in [0.25, 0.3) is 5.91 Å². The Morgan fingerprint density at radius 3 is 2.18 bits per heavy atom. The molecule has 1 heterocycles. The Labute approximate surface area is 204 Å². The highest BCUT2D eigenvalue weighted by Gasteiger charge is 2.34. The number of amidine groups is 1. The highest BCUT2D eigenvalue weighted by Crippen LogP contribution is 2.38. The molecule has 1 fully saturated rings. The first-order valence-electron chi connectivity index (χ1n) is 9.67. The van der Waals surface area contributed by atoms with Gasteiger partial charge in [0.2, 0.25) is 0 Å². The number of carbonyl (C=O) groups is 2. The summed E-state index contributed by atoms with van der Waals surface area (Å²) >= 11 is 13.2. The van der Waals surface area contributed by atoms with Crippen LogP contribution in [0.3, 0.4) is 0 Å². The lowest BCUT2D eigenvalue weighted by atomic mass is 10.2. The summed E-state index contributed by atoms with van der Waals surface area (Å²) in [4.78, 5) is 30.6. The predicted molar refractivity (Wildman–Crippen MR) is 133 cm³/mol. The molecule has 6 nitrogen and oxygen atoms in total. The Bertz CT molecular complexity index is 1240. The maximum atomic E-state index is 13.3. The average molecular weight is 499 g/mol. The standard InChI is InChI=1S/C24H16Cl2N2O4S/c25-16-3-7-18(8-4-16)27-24-28(19-9-5-17(26)6-10-19)23(31)21(33-24)13-15-1-11-20(12-2-15)32-14-22(29)30/h1-13H,14H2,(H,29,30). The van der Waals surface area contributed by atoms with Crippen LogP contribution in [-0.4, -0.2) is 28.8 Å². The number of ether oxygens (including phenoxy) is 1. The molecule has 0 atom stereocenters. The molecule has 1 N–H and O–H groups in total. The minimum Gasteiger partial charge on any atom is -0.482 e. The van der Waals surface area contributed by atoms with Gasteiger partial charge in [0.05, 0.1) is 16.3 Å². The second-order valence-corrected chi connectivity index (χ2v) is 8.73. The van der Waals surface area contributed by atoms with E-state index in [1.165, 1.54) is 16.7 Å². The molecule has 4 rings (SSSR count). The zero-order chi connectivity index (χ0) is 23.4. The van der Waals surface area contributed by atoms with Crippen LogP contribution in [-0.2, 0) is 9.59 Å². The molecular weight excluding hydrogens is 483 g/mol. The van der Waals surface area contributed by atoms with E-state index in [1.54, 1.807) is 78.9 Å². The molecule has 33 heavy (non-hydrogen) atoms. The third-order valence-corrected chi connectivity index (χ3v) is 5.96. The number of aliphatic carboxylic acids is 1. The Morgan fingerprint density at radius 1 is 0.970 bits per heavy atom. The minimum atomic E-state index is -1.05. The first-order valence-corrected chi connectivity index (χ1v) is 11.2. The summed E-state index contributed by atoms with van der Waals surface area (Å²) in [7, 11) is 0. The van der Waals surface area contributed by atoms with Crippen molar-refractivity contribution in [3.05, 3.63) is 93.3 Å². The van der Waals surface area contributed by atoms with E-state index in [0.29, 0.717) is 37.2 Å². The van der Waals surface area contributed by atoms with Crippen LogP contribution in [0.25, 0.3) is 6.08 Å². The van der Waals surface area contributed by atoms with Gasteiger partial charge < -0.3 is 9.84 Å². The Morgan fingerprint density at radius 2 is 1.58 bits per heavy atom. The minimum absolute atomic E-state index is 0.221. The van der Waals surface area contributed by atoms with E-state index >= 15 is 0 Å². The van der Waals surface area contributed by atoms with Crippen molar-refractivity contribution < 1.29 is 19.4 Å². The number of carboxylic acids is 1. The van der Waals surface area contributed by atoms with Gasteiger partial charge in [0.15, 0.2) is 11.8 Å². The smallest absolute Gasteiger partial charge is 0.341 e. The van der Waals surface area contributed by atoms with E-state index in [0.717, 1.165) is 5.56 Å². The van der Waals surface area contributed by atoms with Gasteiger partial charge in [0.1, 0.15) is 5.75 Å². The number of rotatable bonds is 6. The average Bonchev–Trinajstić information content (AvgIpc) is 3.10. The molecule has 0 bridgehead atoms. The monoisotopic (exact) mass is 498 g/mol. The molecule has 1 aliphatic rings. The molecule has 0 aromatic heterocycles. The van der Waals surface area contributed by atoms with E-state index in [2.05, 4.69) is 4.99 Å². The molecule has 3 aromatic carbocycles. The van der Waals surface area contributed by atoms with Gasteiger partial charge in [-0.25, -0.2) is 9.79 Å². The first kappa shape index (κ1) is 22.9. The number of amides is 1. The number of thioether (sulfide) groups is 1. The Balaban J connectivity index is 1.65. The number of carboxylic acid groups (broad SMARTS) is 1. The molecule has 166 valence electrons. The third kappa shape index (κ3) is 5.76. The van der Waals surface area contributed by atoms with Gasteiger partial charge in [-0.15, -0.1) is 0 Å². The summed E-state index contributed by atoms with van der Waals surface area (Å²) < 4.78 is 5.15. The summed E-state index contributed by atoms with van der Waals surface area (Å²) in [6.07, 6.45) is 1.75. The molecule has 9 heteroatoms. The van der Waals surface area contributed by atoms with Crippen LogP contribution in [0.15, 0.2) is 82.7 Å². The molecule has 1 aliphatic heterocycles. The van der Waals surface area contributed by atoms with Crippen molar-refractivity contribution in [2.75, 3.05) is 11.5 Å². The van der Waals surface area contributed by atoms with Crippen LogP contribution in [0.4, 0.5) is 11.4 Å². The summed E-state index contributed by atoms with van der Waals surface area (Å²) in [6, 6.07) is 20.8. The van der Waals surface area contributed by atoms with E-state index in [1.807, 2.05) is 0 Å². The van der Waals surface area contributed by atoms with Gasteiger partial charge in [-0.2, -0.15) is 0 Å². The molecule has 0 radical (unpaired) electrons. The van der Waals surface area contributed by atoms with Crippen LogP contribution in [0.1, 0.15) is 5.56 Å². The number of nitrogens with zero attached hydrogens (tertiary/aromatic N) is 2. The molecule has 1 saturated heterocycles. The summed E-state index contributed by atoms with van der Waals surface area (Å²) in [5.41, 5.74) is 2.07. The molecule has 0 unspecified atom stereocenters. The number of carbonyl (C=O) groups excluding carboxylic acids is 1. The van der Waals surface area contributed by atoms with Crippen molar-refractivity contribution in [3.63, 3.8) is 0 Å². The van der Waals surface area contributed by atoms with Crippen LogP contribution in [0.5, 0.6) is 5.75 Å². The van der Waals surface area contributed by atoms with Gasteiger partial charge >= 0.3 is 5.97 Å². The lowest BCUT2D eigenvalue weighted by molar-refractivity contribution is -0.139. The highest BCUT2D eigenvalue weighted by molar-refractivity contribution is 8.19. The topological polar surface area (TPSA) is 79.2 Å². The second kappa shape index (κ2) is 10.1. The number of hydrogen-bond acceptors (Lipinski definition) is 5. The molecule has 0 spiro atoms. The van der Waals surface area contributed by atoms with Crippen molar-refractivity contribution >= 4 is 69.5 Å². The molecule has 1 amide bonds. The number of benzene rings is 3. The van der Waals surface area contributed by atoms with Crippen molar-refractivity contribution in [1.29, 1.82) is 0 Å². The van der Waals surface area contributed by atoms with Crippen molar-refractivity contribution in [2.45, 2.75) is 0 Å². The Kier molecular flexibility index (Phi) is 7.03. The lowest BCUT2D eigenvalue weighted by Gasteiger charge is -2.15. The SMILES string of the molecule is O=C(O)COc1ccc(C=C2SC(=Nc3ccc(Cl)cc3)N(c3ccc(Cl)cc3)C2=O)cc1. The summed E-state index contributed by atoms with van der Waals surface area (Å²) in [5.74, 6) is -0.845. The zero-order valence-corrected chi connectivity index (χ0v) is 19.3. The van der Waals surface area contributed by atoms with E-state index in [-0.39, 0.29) is 5.91 Å².